The smallest absolute Gasteiger partial charge is 0.303 e. The first-order valence-corrected chi connectivity index (χ1v) is 7.57. The van der Waals surface area contributed by atoms with Crippen molar-refractivity contribution in [3.05, 3.63) is 64.5 Å². The van der Waals surface area contributed by atoms with Gasteiger partial charge in [0.1, 0.15) is 11.5 Å². The summed E-state index contributed by atoms with van der Waals surface area (Å²) in [4.78, 5) is 14.3. The second-order valence-corrected chi connectivity index (χ2v) is 5.86. The number of carbonyl (C=O) groups is 1. The van der Waals surface area contributed by atoms with Crippen molar-refractivity contribution in [1.82, 2.24) is 0 Å². The Labute approximate surface area is 135 Å². The van der Waals surface area contributed by atoms with Crippen molar-refractivity contribution in [3.8, 4) is 11.5 Å². The molecular formula is C19H17NO3. The van der Waals surface area contributed by atoms with Gasteiger partial charge in [0, 0.05) is 0 Å². The molecule has 2 aromatic carbocycles. The molecule has 0 heterocycles. The standard InChI is InChI=1S/C19H17NO3/c1-12-9-15(20-2)5-8-18(12)23-16-6-7-17-13(10-16)3-4-14(17)11-19(21)22/h5-10,14H,3-4,11H2,1H3,(H,21,22)/t14-/m0/s1. The first kappa shape index (κ1) is 15.1. The van der Waals surface area contributed by atoms with Crippen LogP contribution in [0.1, 0.15) is 35.4 Å². The lowest BCUT2D eigenvalue weighted by atomic mass is 9.98. The average molecular weight is 307 g/mol. The molecule has 0 saturated heterocycles. The van der Waals surface area contributed by atoms with E-state index < -0.39 is 5.97 Å². The zero-order valence-electron chi connectivity index (χ0n) is 12.9. The number of aryl methyl sites for hydroxylation is 2. The van der Waals surface area contributed by atoms with E-state index in [4.69, 9.17) is 16.4 Å². The van der Waals surface area contributed by atoms with Gasteiger partial charge in [-0.1, -0.05) is 12.1 Å². The van der Waals surface area contributed by atoms with Gasteiger partial charge in [0.25, 0.3) is 0 Å². The molecule has 0 radical (unpaired) electrons. The number of nitrogens with zero attached hydrogens (tertiary/aromatic N) is 1. The molecule has 0 fully saturated rings. The molecule has 0 aromatic heterocycles. The van der Waals surface area contributed by atoms with Crippen molar-refractivity contribution in [2.45, 2.75) is 32.1 Å². The van der Waals surface area contributed by atoms with Crippen molar-refractivity contribution in [1.29, 1.82) is 0 Å². The predicted octanol–water partition coefficient (Wildman–Crippen LogP) is 4.84. The zero-order chi connectivity index (χ0) is 16.4. The van der Waals surface area contributed by atoms with Gasteiger partial charge in [-0.3, -0.25) is 4.79 Å². The summed E-state index contributed by atoms with van der Waals surface area (Å²) in [5.74, 6) is 0.839. The van der Waals surface area contributed by atoms with Gasteiger partial charge in [-0.05, 0) is 66.6 Å². The maximum Gasteiger partial charge on any atom is 0.303 e. The molecule has 4 heteroatoms. The number of carboxylic acids is 1. The summed E-state index contributed by atoms with van der Waals surface area (Å²) in [5.41, 5.74) is 3.81. The molecule has 4 nitrogen and oxygen atoms in total. The van der Waals surface area contributed by atoms with E-state index >= 15 is 0 Å². The molecule has 2 aromatic rings. The molecule has 116 valence electrons. The van der Waals surface area contributed by atoms with E-state index in [1.54, 1.807) is 12.1 Å². The fraction of sp³-hybridized carbons (Fsp3) is 0.263. The van der Waals surface area contributed by atoms with E-state index in [9.17, 15) is 4.79 Å². The van der Waals surface area contributed by atoms with Crippen LogP contribution in [-0.4, -0.2) is 11.1 Å². The third kappa shape index (κ3) is 3.19. The van der Waals surface area contributed by atoms with Crippen molar-refractivity contribution < 1.29 is 14.6 Å². The first-order chi connectivity index (χ1) is 11.1. The molecular weight excluding hydrogens is 290 g/mol. The Hall–Kier alpha value is -2.80. The van der Waals surface area contributed by atoms with Crippen LogP contribution < -0.4 is 4.74 Å². The zero-order valence-corrected chi connectivity index (χ0v) is 12.9. The predicted molar refractivity (Wildman–Crippen MR) is 87.3 cm³/mol. The summed E-state index contributed by atoms with van der Waals surface area (Å²) in [6.07, 6.45) is 1.95. The lowest BCUT2D eigenvalue weighted by Crippen LogP contribution is -2.02. The maximum atomic E-state index is 10.9. The number of ether oxygens (including phenoxy) is 1. The van der Waals surface area contributed by atoms with Crippen LogP contribution in [0.5, 0.6) is 11.5 Å². The largest absolute Gasteiger partial charge is 0.481 e. The number of fused-ring (bicyclic) bond motifs is 1. The lowest BCUT2D eigenvalue weighted by molar-refractivity contribution is -0.137. The van der Waals surface area contributed by atoms with Gasteiger partial charge in [0.2, 0.25) is 0 Å². The fourth-order valence-corrected chi connectivity index (χ4v) is 3.11. The van der Waals surface area contributed by atoms with Gasteiger partial charge in [0.05, 0.1) is 13.0 Å². The van der Waals surface area contributed by atoms with E-state index in [0.29, 0.717) is 5.69 Å². The van der Waals surface area contributed by atoms with E-state index in [1.165, 1.54) is 5.56 Å². The minimum atomic E-state index is -0.751. The highest BCUT2D eigenvalue weighted by Gasteiger charge is 2.25. The number of rotatable bonds is 4. The Morgan fingerprint density at radius 2 is 2.17 bits per heavy atom. The van der Waals surface area contributed by atoms with Crippen LogP contribution in [0, 0.1) is 13.5 Å². The SMILES string of the molecule is [C-]#[N+]c1ccc(Oc2ccc3c(c2)CC[C@H]3CC(=O)O)c(C)c1. The van der Waals surface area contributed by atoms with Gasteiger partial charge in [-0.25, -0.2) is 4.85 Å². The summed E-state index contributed by atoms with van der Waals surface area (Å²) in [6.45, 7) is 8.94. The molecule has 1 aliphatic carbocycles. The van der Waals surface area contributed by atoms with E-state index in [2.05, 4.69) is 4.85 Å². The monoisotopic (exact) mass is 307 g/mol. The molecule has 3 rings (SSSR count). The second-order valence-electron chi connectivity index (χ2n) is 5.86. The number of aliphatic carboxylic acids is 1. The fourth-order valence-electron chi connectivity index (χ4n) is 3.11. The van der Waals surface area contributed by atoms with Gasteiger partial charge in [0.15, 0.2) is 5.69 Å². The van der Waals surface area contributed by atoms with Crippen molar-refractivity contribution >= 4 is 11.7 Å². The Kier molecular flexibility index (Phi) is 4.03. The van der Waals surface area contributed by atoms with Crippen LogP contribution in [-0.2, 0) is 11.2 Å². The Balaban J connectivity index is 1.81. The second kappa shape index (κ2) is 6.13. The Morgan fingerprint density at radius 1 is 1.35 bits per heavy atom. The highest BCUT2D eigenvalue weighted by atomic mass is 16.5. The van der Waals surface area contributed by atoms with E-state index in [1.807, 2.05) is 31.2 Å². The van der Waals surface area contributed by atoms with Crippen LogP contribution in [0.4, 0.5) is 5.69 Å². The topological polar surface area (TPSA) is 50.9 Å². The molecule has 23 heavy (non-hydrogen) atoms. The van der Waals surface area contributed by atoms with E-state index in [-0.39, 0.29) is 12.3 Å². The molecule has 1 aliphatic rings. The van der Waals surface area contributed by atoms with Gasteiger partial charge in [-0.15, -0.1) is 0 Å². The van der Waals surface area contributed by atoms with Crippen LogP contribution in [0.15, 0.2) is 36.4 Å². The Bertz CT molecular complexity index is 805. The van der Waals surface area contributed by atoms with E-state index in [0.717, 1.165) is 35.5 Å². The third-order valence-electron chi connectivity index (χ3n) is 4.25. The highest BCUT2D eigenvalue weighted by molar-refractivity contribution is 5.68. The normalized spacial score (nSPS) is 15.7. The summed E-state index contributed by atoms with van der Waals surface area (Å²) < 4.78 is 5.93. The average Bonchev–Trinajstić information content (AvgIpc) is 2.91. The van der Waals surface area contributed by atoms with Crippen molar-refractivity contribution in [2.75, 3.05) is 0 Å². The van der Waals surface area contributed by atoms with Crippen LogP contribution >= 0.6 is 0 Å². The summed E-state index contributed by atoms with van der Waals surface area (Å²) in [6, 6.07) is 11.2. The molecule has 1 atom stereocenters. The number of benzene rings is 2. The van der Waals surface area contributed by atoms with Crippen molar-refractivity contribution in [3.63, 3.8) is 0 Å². The molecule has 0 saturated carbocycles. The number of hydrogen-bond acceptors (Lipinski definition) is 2. The minimum absolute atomic E-state index is 0.108. The molecule has 0 aliphatic heterocycles. The lowest BCUT2D eigenvalue weighted by Gasteiger charge is -2.12. The molecule has 0 amide bonds. The molecule has 0 unspecified atom stereocenters. The molecule has 0 spiro atoms. The maximum absolute atomic E-state index is 10.9. The molecule has 1 N–H and O–H groups in total. The minimum Gasteiger partial charge on any atom is -0.481 e. The number of hydrogen-bond donors (Lipinski definition) is 1. The quantitative estimate of drug-likeness (QED) is 0.822. The highest BCUT2D eigenvalue weighted by Crippen LogP contribution is 2.38. The van der Waals surface area contributed by atoms with Crippen LogP contribution in [0.3, 0.4) is 0 Å². The Morgan fingerprint density at radius 3 is 2.87 bits per heavy atom. The summed E-state index contributed by atoms with van der Waals surface area (Å²) >= 11 is 0. The van der Waals surface area contributed by atoms with Crippen molar-refractivity contribution in [2.24, 2.45) is 0 Å². The van der Waals surface area contributed by atoms with Crippen LogP contribution in [0.2, 0.25) is 0 Å². The first-order valence-electron chi connectivity index (χ1n) is 7.57. The molecule has 0 bridgehead atoms. The van der Waals surface area contributed by atoms with Gasteiger partial charge >= 0.3 is 5.97 Å². The van der Waals surface area contributed by atoms with Gasteiger partial charge in [-0.2, -0.15) is 0 Å². The summed E-state index contributed by atoms with van der Waals surface area (Å²) in [5, 5.41) is 8.98. The van der Waals surface area contributed by atoms with Crippen LogP contribution in [0.25, 0.3) is 4.85 Å². The summed E-state index contributed by atoms with van der Waals surface area (Å²) in [7, 11) is 0. The van der Waals surface area contributed by atoms with Gasteiger partial charge < -0.3 is 9.84 Å². The number of carboxylic acid groups (broad SMARTS) is 1. The third-order valence-corrected chi connectivity index (χ3v) is 4.25.